The van der Waals surface area contributed by atoms with Gasteiger partial charge in [0.05, 0.1) is 0 Å². The minimum absolute atomic E-state index is 0.738. The summed E-state index contributed by atoms with van der Waals surface area (Å²) in [5.74, 6) is 0. The second kappa shape index (κ2) is 3.18. The molecule has 0 bridgehead atoms. The summed E-state index contributed by atoms with van der Waals surface area (Å²) < 4.78 is 0. The van der Waals surface area contributed by atoms with Crippen LogP contribution in [0.15, 0.2) is 0 Å². The van der Waals surface area contributed by atoms with E-state index >= 15 is 0 Å². The van der Waals surface area contributed by atoms with Crippen LogP contribution in [0.4, 0.5) is 0 Å². The first-order chi connectivity index (χ1) is 4.34. The Kier molecular flexibility index (Phi) is 2.49. The molecule has 1 unspecified atom stereocenters. The summed E-state index contributed by atoms with van der Waals surface area (Å²) in [7, 11) is 2.13. The molecule has 2 heteroatoms. The third-order valence-corrected chi connectivity index (χ3v) is 2.01. The molecule has 0 amide bonds. The minimum atomic E-state index is 0.738. The first kappa shape index (κ1) is 7.03. The third-order valence-electron chi connectivity index (χ3n) is 2.01. The van der Waals surface area contributed by atoms with Crippen LogP contribution in [0.3, 0.4) is 0 Å². The van der Waals surface area contributed by atoms with Gasteiger partial charge in [0.15, 0.2) is 0 Å². The van der Waals surface area contributed by atoms with Crippen LogP contribution in [0.1, 0.15) is 6.42 Å². The van der Waals surface area contributed by atoms with Crippen LogP contribution in [0.25, 0.3) is 0 Å². The zero-order valence-electron chi connectivity index (χ0n) is 6.06. The molecule has 0 aromatic heterocycles. The Morgan fingerprint density at radius 2 is 2.56 bits per heavy atom. The van der Waals surface area contributed by atoms with Crippen LogP contribution in [0.5, 0.6) is 0 Å². The van der Waals surface area contributed by atoms with Crippen LogP contribution >= 0.6 is 0 Å². The fourth-order valence-electron chi connectivity index (χ4n) is 1.20. The van der Waals surface area contributed by atoms with E-state index in [1.165, 1.54) is 13.0 Å². The lowest BCUT2D eigenvalue weighted by atomic mass is 10.2. The standard InChI is InChI=1S/C7H15N2/c1-3-9(2)7-4-5-8-6-7/h7-8H,1,3-6H2,2H3. The molecule has 1 heterocycles. The van der Waals surface area contributed by atoms with Gasteiger partial charge in [-0.1, -0.05) is 0 Å². The topological polar surface area (TPSA) is 15.3 Å². The summed E-state index contributed by atoms with van der Waals surface area (Å²) in [4.78, 5) is 2.29. The molecule has 0 saturated carbocycles. The number of nitrogens with zero attached hydrogens (tertiary/aromatic N) is 1. The molecule has 53 valence electrons. The minimum Gasteiger partial charge on any atom is -0.315 e. The Morgan fingerprint density at radius 3 is 3.00 bits per heavy atom. The quantitative estimate of drug-likeness (QED) is 0.566. The summed E-state index contributed by atoms with van der Waals surface area (Å²) in [6.07, 6.45) is 1.28. The maximum absolute atomic E-state index is 3.83. The normalized spacial score (nSPS) is 27.7. The fourth-order valence-corrected chi connectivity index (χ4v) is 1.20. The number of rotatable bonds is 2. The molecule has 1 aliphatic rings. The van der Waals surface area contributed by atoms with E-state index in [4.69, 9.17) is 0 Å². The highest BCUT2D eigenvalue weighted by Crippen LogP contribution is 2.04. The van der Waals surface area contributed by atoms with Gasteiger partial charge < -0.3 is 10.2 Å². The predicted molar refractivity (Wildman–Crippen MR) is 39.3 cm³/mol. The van der Waals surface area contributed by atoms with Gasteiger partial charge in [0.1, 0.15) is 0 Å². The maximum Gasteiger partial charge on any atom is 0.0229 e. The highest BCUT2D eigenvalue weighted by molar-refractivity contribution is 4.78. The molecule has 1 N–H and O–H groups in total. The number of likely N-dealkylation sites (N-methyl/N-ethyl adjacent to an activating group) is 1. The van der Waals surface area contributed by atoms with E-state index in [1.54, 1.807) is 0 Å². The zero-order valence-corrected chi connectivity index (χ0v) is 6.06. The van der Waals surface area contributed by atoms with Gasteiger partial charge in [-0.05, 0) is 33.5 Å². The van der Waals surface area contributed by atoms with Crippen molar-refractivity contribution in [3.05, 3.63) is 6.92 Å². The molecule has 2 nitrogen and oxygen atoms in total. The van der Waals surface area contributed by atoms with Gasteiger partial charge >= 0.3 is 0 Å². The second-order valence-electron chi connectivity index (χ2n) is 2.63. The smallest absolute Gasteiger partial charge is 0.0229 e. The summed E-state index contributed by atoms with van der Waals surface area (Å²) in [5, 5.41) is 3.32. The van der Waals surface area contributed by atoms with Crippen LogP contribution < -0.4 is 5.32 Å². The van der Waals surface area contributed by atoms with E-state index in [9.17, 15) is 0 Å². The van der Waals surface area contributed by atoms with E-state index in [0.29, 0.717) is 0 Å². The van der Waals surface area contributed by atoms with Gasteiger partial charge in [-0.3, -0.25) is 0 Å². The van der Waals surface area contributed by atoms with Crippen molar-refractivity contribution in [2.24, 2.45) is 0 Å². The molecular formula is C7H15N2. The highest BCUT2D eigenvalue weighted by atomic mass is 15.2. The molecule has 1 aliphatic heterocycles. The van der Waals surface area contributed by atoms with Crippen molar-refractivity contribution in [1.82, 2.24) is 10.2 Å². The monoisotopic (exact) mass is 127 g/mol. The number of hydrogen-bond acceptors (Lipinski definition) is 2. The van der Waals surface area contributed by atoms with Gasteiger partial charge in [-0.25, -0.2) is 0 Å². The molecule has 0 aromatic rings. The van der Waals surface area contributed by atoms with Crippen molar-refractivity contribution in [2.45, 2.75) is 12.5 Å². The van der Waals surface area contributed by atoms with Crippen LogP contribution in [0.2, 0.25) is 0 Å². The van der Waals surface area contributed by atoms with Crippen molar-refractivity contribution >= 4 is 0 Å². The van der Waals surface area contributed by atoms with Crippen LogP contribution in [0, 0.1) is 6.92 Å². The lowest BCUT2D eigenvalue weighted by Gasteiger charge is -2.20. The van der Waals surface area contributed by atoms with E-state index in [-0.39, 0.29) is 0 Å². The molecule has 1 saturated heterocycles. The SMILES string of the molecule is [CH2]CN(C)C1CCNC1. The van der Waals surface area contributed by atoms with E-state index in [0.717, 1.165) is 19.1 Å². The number of hydrogen-bond donors (Lipinski definition) is 1. The average molecular weight is 127 g/mol. The van der Waals surface area contributed by atoms with Crippen molar-refractivity contribution in [3.8, 4) is 0 Å². The predicted octanol–water partition coefficient (Wildman–Crippen LogP) is 0.114. The summed E-state index contributed by atoms with van der Waals surface area (Å²) in [5.41, 5.74) is 0. The van der Waals surface area contributed by atoms with Gasteiger partial charge in [0, 0.05) is 12.6 Å². The zero-order chi connectivity index (χ0) is 6.69. The fraction of sp³-hybridized carbons (Fsp3) is 0.857. The van der Waals surface area contributed by atoms with Crippen molar-refractivity contribution in [3.63, 3.8) is 0 Å². The molecule has 1 rings (SSSR count). The van der Waals surface area contributed by atoms with Gasteiger partial charge in [-0.2, -0.15) is 0 Å². The van der Waals surface area contributed by atoms with Crippen molar-refractivity contribution in [2.75, 3.05) is 26.7 Å². The molecule has 1 atom stereocenters. The lowest BCUT2D eigenvalue weighted by molar-refractivity contribution is 0.282. The lowest BCUT2D eigenvalue weighted by Crippen LogP contribution is -2.33. The molecule has 0 aromatic carbocycles. The van der Waals surface area contributed by atoms with Gasteiger partial charge in [0.2, 0.25) is 0 Å². The summed E-state index contributed by atoms with van der Waals surface area (Å²) >= 11 is 0. The second-order valence-corrected chi connectivity index (χ2v) is 2.63. The highest BCUT2D eigenvalue weighted by Gasteiger charge is 2.16. The first-order valence-electron chi connectivity index (χ1n) is 3.55. The van der Waals surface area contributed by atoms with Gasteiger partial charge in [-0.15, -0.1) is 0 Å². The largest absolute Gasteiger partial charge is 0.315 e. The molecule has 0 aliphatic carbocycles. The van der Waals surface area contributed by atoms with Crippen LogP contribution in [-0.2, 0) is 0 Å². The van der Waals surface area contributed by atoms with E-state index < -0.39 is 0 Å². The first-order valence-corrected chi connectivity index (χ1v) is 3.55. The van der Waals surface area contributed by atoms with Gasteiger partial charge in [0.25, 0.3) is 0 Å². The van der Waals surface area contributed by atoms with E-state index in [2.05, 4.69) is 24.2 Å². The van der Waals surface area contributed by atoms with Crippen molar-refractivity contribution < 1.29 is 0 Å². The summed E-state index contributed by atoms with van der Waals surface area (Å²) in [6.45, 7) is 7.07. The third kappa shape index (κ3) is 1.66. The average Bonchev–Trinajstić information content (AvgIpc) is 2.37. The Balaban J connectivity index is 2.24. The maximum atomic E-state index is 3.83. The number of nitrogens with one attached hydrogen (secondary N) is 1. The Morgan fingerprint density at radius 1 is 1.78 bits per heavy atom. The van der Waals surface area contributed by atoms with Crippen LogP contribution in [-0.4, -0.2) is 37.6 Å². The Hall–Kier alpha value is -0.0800. The van der Waals surface area contributed by atoms with E-state index in [1.807, 2.05) is 0 Å². The van der Waals surface area contributed by atoms with Crippen molar-refractivity contribution in [1.29, 1.82) is 0 Å². The molecular weight excluding hydrogens is 112 g/mol. The Labute approximate surface area is 57.2 Å². The molecule has 9 heavy (non-hydrogen) atoms. The molecule has 1 radical (unpaired) electrons. The Bertz CT molecular complexity index is 77.0. The molecule has 0 spiro atoms. The molecule has 1 fully saturated rings. The summed E-state index contributed by atoms with van der Waals surface area (Å²) in [6, 6.07) is 0.738.